The average Bonchev–Trinajstić information content (AvgIpc) is 2.96. The van der Waals surface area contributed by atoms with E-state index in [2.05, 4.69) is 16.0 Å². The first-order valence-electron chi connectivity index (χ1n) is 14.0. The summed E-state index contributed by atoms with van der Waals surface area (Å²) in [6.07, 6.45) is -4.13. The van der Waals surface area contributed by atoms with Crippen LogP contribution in [0.5, 0.6) is 5.75 Å². The Bertz CT molecular complexity index is 1200. The van der Waals surface area contributed by atoms with Gasteiger partial charge < -0.3 is 35.2 Å². The van der Waals surface area contributed by atoms with Crippen molar-refractivity contribution >= 4 is 17.5 Å². The van der Waals surface area contributed by atoms with Gasteiger partial charge in [0, 0.05) is 58.0 Å². The van der Waals surface area contributed by atoms with Crippen molar-refractivity contribution in [3.8, 4) is 5.75 Å². The fourth-order valence-corrected chi connectivity index (χ4v) is 5.04. The van der Waals surface area contributed by atoms with E-state index >= 15 is 0 Å². The lowest BCUT2D eigenvalue weighted by molar-refractivity contribution is -0.137. The molecule has 2 aromatic carbocycles. The van der Waals surface area contributed by atoms with Gasteiger partial charge in [0.15, 0.2) is 0 Å². The number of carbonyl (C=O) groups excluding carboxylic acids is 2. The van der Waals surface area contributed by atoms with Gasteiger partial charge in [-0.1, -0.05) is 6.07 Å². The Hall–Kier alpha value is -3.35. The molecule has 9 nitrogen and oxygen atoms in total. The molecule has 2 atom stereocenters. The van der Waals surface area contributed by atoms with E-state index in [1.165, 1.54) is 12.1 Å². The smallest absolute Gasteiger partial charge is 0.416 e. The maximum absolute atomic E-state index is 13.7. The van der Waals surface area contributed by atoms with Crippen molar-refractivity contribution in [2.45, 2.75) is 45.1 Å². The van der Waals surface area contributed by atoms with Crippen LogP contribution in [-0.2, 0) is 33.5 Å². The molecule has 12 heteroatoms. The lowest BCUT2D eigenvalue weighted by atomic mass is 9.99. The van der Waals surface area contributed by atoms with Gasteiger partial charge in [0.25, 0.3) is 0 Å². The molecule has 1 saturated heterocycles. The summed E-state index contributed by atoms with van der Waals surface area (Å²) in [5.41, 5.74) is 2.38. The number of aryl methyl sites for hydroxylation is 1. The third-order valence-corrected chi connectivity index (χ3v) is 7.34. The van der Waals surface area contributed by atoms with Gasteiger partial charge in [-0.2, -0.15) is 13.2 Å². The number of benzene rings is 2. The number of hydrogen-bond donors (Lipinski definition) is 3. The normalized spacial score (nSPS) is 15.3. The number of piperazine rings is 1. The predicted molar refractivity (Wildman–Crippen MR) is 156 cm³/mol. The van der Waals surface area contributed by atoms with Crippen LogP contribution in [-0.4, -0.2) is 89.4 Å². The molecule has 0 spiro atoms. The maximum Gasteiger partial charge on any atom is 0.416 e. The van der Waals surface area contributed by atoms with Crippen LogP contribution >= 0.6 is 0 Å². The summed E-state index contributed by atoms with van der Waals surface area (Å²) in [5, 5.41) is 8.90. The van der Waals surface area contributed by atoms with Gasteiger partial charge in [-0.15, -0.1) is 0 Å². The number of ether oxygens (including phenoxy) is 2. The fraction of sp³-hybridized carbons (Fsp3) is 0.533. The van der Waals surface area contributed by atoms with Gasteiger partial charge in [-0.3, -0.25) is 9.59 Å². The molecule has 2 amide bonds. The number of nitrogens with one attached hydrogen (secondary N) is 3. The Morgan fingerprint density at radius 3 is 2.33 bits per heavy atom. The molecule has 3 N–H and O–H groups in total. The number of rotatable bonds is 13. The highest BCUT2D eigenvalue weighted by molar-refractivity contribution is 5.88. The topological polar surface area (TPSA) is 95.2 Å². The van der Waals surface area contributed by atoms with Crippen molar-refractivity contribution < 1.29 is 32.2 Å². The third-order valence-electron chi connectivity index (χ3n) is 7.34. The largest absolute Gasteiger partial charge is 0.497 e. The summed E-state index contributed by atoms with van der Waals surface area (Å²) >= 11 is 0. The number of amides is 2. The van der Waals surface area contributed by atoms with Gasteiger partial charge in [-0.05, 0) is 67.9 Å². The summed E-state index contributed by atoms with van der Waals surface area (Å²) in [6, 6.07) is 8.58. The van der Waals surface area contributed by atoms with Gasteiger partial charge in [0.2, 0.25) is 11.8 Å². The molecule has 0 radical (unpaired) electrons. The number of methoxy groups -OCH3 is 2. The first kappa shape index (κ1) is 33.2. The Balaban J connectivity index is 1.75. The van der Waals surface area contributed by atoms with E-state index < -0.39 is 17.8 Å². The van der Waals surface area contributed by atoms with Crippen molar-refractivity contribution in [1.29, 1.82) is 0 Å². The van der Waals surface area contributed by atoms with E-state index in [9.17, 15) is 22.8 Å². The number of likely N-dealkylation sites (N-methyl/N-ethyl adjacent to an activating group) is 1. The first-order valence-corrected chi connectivity index (χ1v) is 14.0. The molecule has 0 aliphatic carbocycles. The molecule has 2 unspecified atom stereocenters. The van der Waals surface area contributed by atoms with Crippen molar-refractivity contribution in [3.05, 3.63) is 58.7 Å². The van der Waals surface area contributed by atoms with Gasteiger partial charge in [-0.25, -0.2) is 0 Å². The number of carbonyl (C=O) groups is 2. The number of nitrogens with zero attached hydrogens (tertiary/aromatic N) is 2. The molecule has 0 bridgehead atoms. The lowest BCUT2D eigenvalue weighted by Crippen LogP contribution is -2.56. The fourth-order valence-electron chi connectivity index (χ4n) is 5.04. The summed E-state index contributed by atoms with van der Waals surface area (Å²) in [7, 11) is 4.82. The molecule has 1 heterocycles. The molecule has 2 aromatic rings. The molecule has 1 fully saturated rings. The first-order chi connectivity index (χ1) is 20.0. The number of anilines is 1. The number of alkyl halides is 3. The Labute approximate surface area is 245 Å². The zero-order valence-corrected chi connectivity index (χ0v) is 24.9. The Morgan fingerprint density at radius 2 is 1.74 bits per heavy atom. The molecule has 0 saturated carbocycles. The predicted octanol–water partition coefficient (Wildman–Crippen LogP) is 2.74. The Morgan fingerprint density at radius 1 is 1.02 bits per heavy atom. The second-order valence-electron chi connectivity index (χ2n) is 10.5. The maximum atomic E-state index is 13.7. The Kier molecular flexibility index (Phi) is 12.0. The summed E-state index contributed by atoms with van der Waals surface area (Å²) in [4.78, 5) is 29.9. The van der Waals surface area contributed by atoms with Crippen LogP contribution in [0.4, 0.5) is 18.9 Å². The van der Waals surface area contributed by atoms with Crippen LogP contribution in [0.2, 0.25) is 0 Å². The van der Waals surface area contributed by atoms with Gasteiger partial charge >= 0.3 is 6.18 Å². The van der Waals surface area contributed by atoms with E-state index in [0.717, 1.165) is 17.2 Å². The van der Waals surface area contributed by atoms with Crippen LogP contribution in [0, 0.1) is 6.92 Å². The highest BCUT2D eigenvalue weighted by atomic mass is 19.4. The molecule has 3 rings (SSSR count). The van der Waals surface area contributed by atoms with E-state index in [1.807, 2.05) is 36.9 Å². The zero-order chi connectivity index (χ0) is 30.9. The molecular formula is C30H42F3N5O4. The molecule has 232 valence electrons. The molecule has 1 aliphatic rings. The highest BCUT2D eigenvalue weighted by Crippen LogP contribution is 2.33. The average molecular weight is 594 g/mol. The minimum Gasteiger partial charge on any atom is -0.497 e. The van der Waals surface area contributed by atoms with E-state index in [-0.39, 0.29) is 30.9 Å². The van der Waals surface area contributed by atoms with Crippen molar-refractivity contribution in [2.75, 3.05) is 65.5 Å². The van der Waals surface area contributed by atoms with Crippen molar-refractivity contribution in [3.63, 3.8) is 0 Å². The van der Waals surface area contributed by atoms with E-state index in [1.54, 1.807) is 26.2 Å². The minimum absolute atomic E-state index is 0.0451. The van der Waals surface area contributed by atoms with Crippen LogP contribution in [0.1, 0.15) is 29.2 Å². The minimum atomic E-state index is -4.45. The third kappa shape index (κ3) is 9.07. The SMILES string of the molecule is CNCC(=O)NC(Cc1ccc(OC)cc1C)C(=O)N1CCN(c2ccc(C(F)(F)F)cc2CNC(C)COC)CC1. The lowest BCUT2D eigenvalue weighted by Gasteiger charge is -2.38. The molecule has 42 heavy (non-hydrogen) atoms. The monoisotopic (exact) mass is 593 g/mol. The van der Waals surface area contributed by atoms with E-state index in [4.69, 9.17) is 9.47 Å². The van der Waals surface area contributed by atoms with Crippen LogP contribution in [0.25, 0.3) is 0 Å². The zero-order valence-electron chi connectivity index (χ0n) is 24.9. The summed E-state index contributed by atoms with van der Waals surface area (Å²) in [6.45, 7) is 6.20. The second-order valence-corrected chi connectivity index (χ2v) is 10.5. The van der Waals surface area contributed by atoms with Gasteiger partial charge in [0.05, 0.1) is 25.8 Å². The summed E-state index contributed by atoms with van der Waals surface area (Å²) < 4.78 is 50.9. The quantitative estimate of drug-likeness (QED) is 0.329. The number of hydrogen-bond acceptors (Lipinski definition) is 7. The number of halogens is 3. The van der Waals surface area contributed by atoms with Crippen LogP contribution < -0.4 is 25.6 Å². The molecular weight excluding hydrogens is 551 g/mol. The van der Waals surface area contributed by atoms with Crippen LogP contribution in [0.3, 0.4) is 0 Å². The standard InChI is InChI=1S/C30H42F3N5O4/c1-20-14-25(42-5)8-6-22(20)16-26(36-28(39)18-34-3)29(40)38-12-10-37(11-13-38)27-9-7-24(30(31,32)33)15-23(27)17-35-21(2)19-41-4/h6-9,14-15,21,26,34-35H,10-13,16-19H2,1-5H3,(H,36,39). The molecule has 0 aromatic heterocycles. The van der Waals surface area contributed by atoms with Crippen molar-refractivity contribution in [1.82, 2.24) is 20.9 Å². The van der Waals surface area contributed by atoms with Crippen molar-refractivity contribution in [2.24, 2.45) is 0 Å². The van der Waals surface area contributed by atoms with Gasteiger partial charge in [0.1, 0.15) is 11.8 Å². The highest BCUT2D eigenvalue weighted by Gasteiger charge is 2.33. The van der Waals surface area contributed by atoms with E-state index in [0.29, 0.717) is 56.2 Å². The second kappa shape index (κ2) is 15.2. The molecule has 1 aliphatic heterocycles. The van der Waals surface area contributed by atoms with Crippen LogP contribution in [0.15, 0.2) is 36.4 Å². The summed E-state index contributed by atoms with van der Waals surface area (Å²) in [5.74, 6) is 0.225.